The molecule has 3 heterocycles. The van der Waals surface area contributed by atoms with Crippen LogP contribution in [0, 0.1) is 30.2 Å². The summed E-state index contributed by atoms with van der Waals surface area (Å²) in [5, 5.41) is 3.14. The van der Waals surface area contributed by atoms with Gasteiger partial charge in [0.2, 0.25) is 0 Å². The summed E-state index contributed by atoms with van der Waals surface area (Å²) in [7, 11) is -2.60. The minimum Gasteiger partial charge on any atom is -0.375 e. The molecule has 1 atom stereocenters. The Morgan fingerprint density at radius 2 is 1.71 bits per heavy atom. The Hall–Kier alpha value is -3.03. The zero-order chi connectivity index (χ0) is 25.7. The van der Waals surface area contributed by atoms with Gasteiger partial charge in [-0.3, -0.25) is 4.98 Å². The van der Waals surface area contributed by atoms with Crippen molar-refractivity contribution in [3.63, 3.8) is 0 Å². The van der Waals surface area contributed by atoms with Crippen LogP contribution in [0.3, 0.4) is 0 Å². The Balaban J connectivity index is 1.84. The lowest BCUT2D eigenvalue weighted by molar-refractivity contribution is 0.438. The van der Waals surface area contributed by atoms with E-state index in [2.05, 4.69) is 20.3 Å². The van der Waals surface area contributed by atoms with Gasteiger partial charge in [0.05, 0.1) is 33.4 Å². The Labute approximate surface area is 204 Å². The molecule has 0 saturated heterocycles. The van der Waals surface area contributed by atoms with Crippen molar-refractivity contribution >= 4 is 40.9 Å². The molecule has 0 aliphatic rings. The predicted molar refractivity (Wildman–Crippen MR) is 130 cm³/mol. The van der Waals surface area contributed by atoms with Crippen molar-refractivity contribution in [2.45, 2.75) is 19.9 Å². The summed E-state index contributed by atoms with van der Waals surface area (Å²) in [4.78, 5) is 12.9. The lowest BCUT2D eigenvalue weighted by Gasteiger charge is -2.20. The van der Waals surface area contributed by atoms with E-state index in [9.17, 15) is 17.7 Å². The highest BCUT2D eigenvalue weighted by Gasteiger charge is 2.22. The summed E-state index contributed by atoms with van der Waals surface area (Å²) in [5.41, 5.74) is 1.52. The summed E-state index contributed by atoms with van der Waals surface area (Å²) in [6.07, 6.45) is 1.38. The molecule has 0 bridgehead atoms. The highest BCUT2D eigenvalue weighted by Crippen LogP contribution is 2.37. The summed E-state index contributed by atoms with van der Waals surface area (Å²) in [5.74, 6) is -4.87. The molecule has 1 aromatic carbocycles. The van der Waals surface area contributed by atoms with Crippen LogP contribution in [0.1, 0.15) is 24.2 Å². The van der Waals surface area contributed by atoms with Crippen LogP contribution >= 0.6 is 18.7 Å². The fraction of sp³-hybridized carbons (Fsp3) is 0.208. The molecule has 11 heteroatoms. The summed E-state index contributed by atoms with van der Waals surface area (Å²) in [6, 6.07) is 5.41. The van der Waals surface area contributed by atoms with Crippen LogP contribution in [0.15, 0.2) is 36.5 Å². The van der Waals surface area contributed by atoms with E-state index in [1.54, 1.807) is 32.4 Å². The van der Waals surface area contributed by atoms with Crippen molar-refractivity contribution in [2.75, 3.05) is 18.6 Å². The normalized spacial score (nSPS) is 12.7. The first-order chi connectivity index (χ1) is 16.4. The number of anilines is 1. The molecule has 4 aromatic rings. The van der Waals surface area contributed by atoms with Crippen molar-refractivity contribution in [1.29, 1.82) is 0 Å². The van der Waals surface area contributed by atoms with Gasteiger partial charge in [-0.15, -0.1) is 0 Å². The Morgan fingerprint density at radius 3 is 2.34 bits per heavy atom. The third-order valence-electron chi connectivity index (χ3n) is 5.48. The Bertz CT molecular complexity index is 1510. The molecule has 5 nitrogen and oxygen atoms in total. The molecule has 4 rings (SSSR count). The molecule has 0 aliphatic heterocycles. The number of benzene rings is 1. The zero-order valence-electron chi connectivity index (χ0n) is 19.1. The fourth-order valence-electron chi connectivity index (χ4n) is 3.61. The van der Waals surface area contributed by atoms with Crippen molar-refractivity contribution in [3.8, 4) is 11.3 Å². The lowest BCUT2D eigenvalue weighted by atomic mass is 10.1. The lowest BCUT2D eigenvalue weighted by Crippen LogP contribution is -2.12. The number of nitrogens with one attached hydrogen (secondary N) is 1. The molecule has 35 heavy (non-hydrogen) atoms. The number of pyridine rings is 3. The first-order valence-corrected chi connectivity index (χ1v) is 13.4. The maximum absolute atomic E-state index is 15.0. The van der Waals surface area contributed by atoms with Crippen LogP contribution in [-0.4, -0.2) is 28.3 Å². The summed E-state index contributed by atoms with van der Waals surface area (Å²) >= 11 is 6.48. The highest BCUT2D eigenvalue weighted by atomic mass is 35.5. The van der Waals surface area contributed by atoms with Gasteiger partial charge in [0.1, 0.15) is 18.4 Å². The maximum atomic E-state index is 15.0. The van der Waals surface area contributed by atoms with E-state index in [4.69, 9.17) is 11.6 Å². The fourth-order valence-corrected chi connectivity index (χ4v) is 4.57. The number of aryl methyl sites for hydroxylation is 1. The molecule has 3 aromatic heterocycles. The minimum atomic E-state index is -2.60. The molecule has 0 amide bonds. The van der Waals surface area contributed by atoms with E-state index in [1.807, 2.05) is 0 Å². The average Bonchev–Trinajstić information content (AvgIpc) is 2.79. The van der Waals surface area contributed by atoms with Crippen LogP contribution in [0.2, 0.25) is 5.02 Å². The van der Waals surface area contributed by atoms with Gasteiger partial charge in [-0.1, -0.05) is 17.7 Å². The van der Waals surface area contributed by atoms with Crippen LogP contribution in [-0.2, 0) is 4.57 Å². The zero-order valence-corrected chi connectivity index (χ0v) is 20.8. The van der Waals surface area contributed by atoms with Gasteiger partial charge in [-0.25, -0.2) is 27.5 Å². The standard InChI is InChI=1S/C24H20ClF4N4OP/c1-11(14-6-7-15(26)21(29)20(14)28)32-24-19(25)12(2)31-17-9-16(27)22(33-23(17)24)13-5-8-18(30-10-13)35(3,4)34/h5-11H,1-4H3,(H,31,32)/t11-/m1/s1. The predicted octanol–water partition coefficient (Wildman–Crippen LogP) is 6.63. The minimum absolute atomic E-state index is 0.0463. The molecule has 0 saturated carbocycles. The molecule has 1 N–H and O–H groups in total. The van der Waals surface area contributed by atoms with Gasteiger partial charge >= 0.3 is 0 Å². The number of nitrogens with zero attached hydrogens (tertiary/aromatic N) is 3. The van der Waals surface area contributed by atoms with Crippen molar-refractivity contribution in [3.05, 3.63) is 76.1 Å². The second-order valence-electron chi connectivity index (χ2n) is 8.46. The monoisotopic (exact) mass is 522 g/mol. The van der Waals surface area contributed by atoms with E-state index in [-0.39, 0.29) is 33.0 Å². The molecule has 182 valence electrons. The molecule has 0 spiro atoms. The Kier molecular flexibility index (Phi) is 6.60. The summed E-state index contributed by atoms with van der Waals surface area (Å²) < 4.78 is 68.8. The SMILES string of the molecule is Cc1nc2cc(F)c(-c3ccc(P(C)(C)=O)nc3)nc2c(N[C@H](C)c2ccc(F)c(F)c2F)c1Cl. The molecule has 0 unspecified atom stereocenters. The first-order valence-electron chi connectivity index (χ1n) is 10.5. The van der Waals surface area contributed by atoms with Crippen LogP contribution in [0.4, 0.5) is 23.2 Å². The van der Waals surface area contributed by atoms with Gasteiger partial charge in [-0.2, -0.15) is 0 Å². The van der Waals surface area contributed by atoms with E-state index < -0.39 is 36.5 Å². The smallest absolute Gasteiger partial charge is 0.194 e. The maximum Gasteiger partial charge on any atom is 0.194 e. The summed E-state index contributed by atoms with van der Waals surface area (Å²) in [6.45, 7) is 6.30. The third-order valence-corrected chi connectivity index (χ3v) is 7.31. The van der Waals surface area contributed by atoms with Crippen LogP contribution in [0.25, 0.3) is 22.3 Å². The molecular weight excluding hydrogens is 503 g/mol. The average molecular weight is 523 g/mol. The van der Waals surface area contributed by atoms with Gasteiger partial charge in [0.15, 0.2) is 23.3 Å². The van der Waals surface area contributed by atoms with E-state index >= 15 is 4.39 Å². The Morgan fingerprint density at radius 1 is 1.00 bits per heavy atom. The number of hydrogen-bond donors (Lipinski definition) is 1. The van der Waals surface area contributed by atoms with Crippen LogP contribution < -0.4 is 10.8 Å². The van der Waals surface area contributed by atoms with Gasteiger partial charge in [-0.05, 0) is 45.4 Å². The van der Waals surface area contributed by atoms with Crippen molar-refractivity contribution < 1.29 is 22.1 Å². The number of fused-ring (bicyclic) bond motifs is 1. The van der Waals surface area contributed by atoms with Gasteiger partial charge in [0.25, 0.3) is 0 Å². The molecule has 0 aliphatic carbocycles. The first kappa shape index (κ1) is 25.1. The number of hydrogen-bond acceptors (Lipinski definition) is 5. The second kappa shape index (κ2) is 9.21. The number of halogens is 5. The highest BCUT2D eigenvalue weighted by molar-refractivity contribution is 7.69. The second-order valence-corrected chi connectivity index (χ2v) is 12.0. The van der Waals surface area contributed by atoms with E-state index in [0.29, 0.717) is 16.7 Å². The topological polar surface area (TPSA) is 67.8 Å². The van der Waals surface area contributed by atoms with Crippen molar-refractivity contribution in [2.24, 2.45) is 0 Å². The van der Waals surface area contributed by atoms with E-state index in [0.717, 1.165) is 12.1 Å². The quantitative estimate of drug-likeness (QED) is 0.181. The number of rotatable bonds is 5. The largest absolute Gasteiger partial charge is 0.375 e. The van der Waals surface area contributed by atoms with E-state index in [1.165, 1.54) is 19.2 Å². The van der Waals surface area contributed by atoms with Crippen LogP contribution in [0.5, 0.6) is 0 Å². The third kappa shape index (κ3) is 4.75. The molecular formula is C24H20ClF4N4OP. The van der Waals surface area contributed by atoms with Gasteiger partial charge in [0, 0.05) is 23.4 Å². The molecule has 0 radical (unpaired) electrons. The number of aromatic nitrogens is 3. The van der Waals surface area contributed by atoms with Gasteiger partial charge < -0.3 is 9.88 Å². The van der Waals surface area contributed by atoms with Crippen molar-refractivity contribution in [1.82, 2.24) is 15.0 Å². The molecule has 0 fully saturated rings.